The smallest absolute Gasteiger partial charge is 0.159 e. The van der Waals surface area contributed by atoms with Crippen LogP contribution in [0, 0.1) is 12.7 Å². The van der Waals surface area contributed by atoms with Gasteiger partial charge in [0.25, 0.3) is 0 Å². The summed E-state index contributed by atoms with van der Waals surface area (Å²) in [7, 11) is 0. The van der Waals surface area contributed by atoms with E-state index >= 15 is 0 Å². The fourth-order valence-corrected chi connectivity index (χ4v) is 4.48. The highest BCUT2D eigenvalue weighted by Crippen LogP contribution is 2.29. The van der Waals surface area contributed by atoms with E-state index in [1.807, 2.05) is 30.3 Å². The van der Waals surface area contributed by atoms with Crippen LogP contribution in [0.1, 0.15) is 46.9 Å². The molecule has 1 aromatic heterocycles. The van der Waals surface area contributed by atoms with E-state index in [4.69, 9.17) is 0 Å². The predicted octanol–water partition coefficient (Wildman–Crippen LogP) is 4.34. The van der Waals surface area contributed by atoms with Crippen molar-refractivity contribution in [2.45, 2.75) is 45.8 Å². The molecule has 0 unspecified atom stereocenters. The molecule has 5 heteroatoms. The maximum atomic E-state index is 14.1. The van der Waals surface area contributed by atoms with Crippen LogP contribution in [0.2, 0.25) is 0 Å². The first-order chi connectivity index (χ1) is 14.4. The Morgan fingerprint density at radius 2 is 1.80 bits per heavy atom. The third-order valence-corrected chi connectivity index (χ3v) is 6.35. The van der Waals surface area contributed by atoms with Crippen LogP contribution in [0.3, 0.4) is 0 Å². The number of halogens is 1. The maximum Gasteiger partial charge on any atom is 0.159 e. The van der Waals surface area contributed by atoms with Gasteiger partial charge in [-0.25, -0.2) is 4.39 Å². The van der Waals surface area contributed by atoms with Gasteiger partial charge in [-0.3, -0.25) is 4.79 Å². The number of likely N-dealkylation sites (tertiary alicyclic amines) is 1. The summed E-state index contributed by atoms with van der Waals surface area (Å²) in [4.78, 5) is 13.9. The molecule has 1 aliphatic rings. The van der Waals surface area contributed by atoms with Gasteiger partial charge in [-0.15, -0.1) is 0 Å². The summed E-state index contributed by atoms with van der Waals surface area (Å²) in [5.41, 5.74) is 5.16. The molecule has 0 radical (unpaired) electrons. The SMILES string of the molecule is CC(=O)c1ccc(Cc2c(C)n(CCN3CCC(O)CC3)c3ccc(F)cc23)cc1. The molecule has 1 fully saturated rings. The Bertz CT molecular complexity index is 1050. The van der Waals surface area contributed by atoms with Crippen molar-refractivity contribution in [2.24, 2.45) is 0 Å². The second kappa shape index (κ2) is 8.70. The van der Waals surface area contributed by atoms with E-state index in [1.54, 1.807) is 13.0 Å². The number of rotatable bonds is 6. The molecule has 0 spiro atoms. The number of Topliss-reactive ketones (excluding diaryl/α,β-unsaturated/α-hetero) is 1. The molecule has 1 aliphatic heterocycles. The van der Waals surface area contributed by atoms with Gasteiger partial charge in [0.2, 0.25) is 0 Å². The van der Waals surface area contributed by atoms with Gasteiger partial charge >= 0.3 is 0 Å². The molecule has 0 bridgehead atoms. The van der Waals surface area contributed by atoms with E-state index in [2.05, 4.69) is 16.4 Å². The van der Waals surface area contributed by atoms with Gasteiger partial charge in [0, 0.05) is 48.3 Å². The van der Waals surface area contributed by atoms with Crippen molar-refractivity contribution in [3.05, 3.63) is 70.7 Å². The Labute approximate surface area is 176 Å². The molecule has 0 saturated carbocycles. The zero-order valence-electron chi connectivity index (χ0n) is 17.7. The lowest BCUT2D eigenvalue weighted by atomic mass is 10.0. The minimum Gasteiger partial charge on any atom is -0.393 e. The number of benzene rings is 2. The Hall–Kier alpha value is -2.50. The number of carbonyl (C=O) groups is 1. The number of hydrogen-bond acceptors (Lipinski definition) is 3. The Morgan fingerprint density at radius 3 is 2.47 bits per heavy atom. The third-order valence-electron chi connectivity index (χ3n) is 6.35. The van der Waals surface area contributed by atoms with Crippen molar-refractivity contribution in [1.29, 1.82) is 0 Å². The minimum atomic E-state index is -0.224. The minimum absolute atomic E-state index is 0.0571. The van der Waals surface area contributed by atoms with Crippen LogP contribution in [0.4, 0.5) is 4.39 Å². The van der Waals surface area contributed by atoms with E-state index < -0.39 is 0 Å². The molecule has 3 aromatic rings. The molecule has 0 amide bonds. The summed E-state index contributed by atoms with van der Waals surface area (Å²) < 4.78 is 16.4. The number of aromatic nitrogens is 1. The second-order valence-electron chi connectivity index (χ2n) is 8.38. The Morgan fingerprint density at radius 1 is 1.10 bits per heavy atom. The lowest BCUT2D eigenvalue weighted by Gasteiger charge is -2.29. The zero-order valence-corrected chi connectivity index (χ0v) is 17.7. The Balaban J connectivity index is 1.61. The standard InChI is InChI=1S/C25H29FN2O2/c1-17-23(15-19-3-5-20(6-4-19)18(2)29)24-16-21(26)7-8-25(24)28(17)14-13-27-11-9-22(30)10-12-27/h3-8,16,22,30H,9-15H2,1-2H3. The van der Waals surface area contributed by atoms with E-state index in [-0.39, 0.29) is 17.7 Å². The predicted molar refractivity (Wildman–Crippen MR) is 118 cm³/mol. The zero-order chi connectivity index (χ0) is 21.3. The summed E-state index contributed by atoms with van der Waals surface area (Å²) in [6.45, 7) is 7.28. The van der Waals surface area contributed by atoms with Crippen LogP contribution in [0.25, 0.3) is 10.9 Å². The van der Waals surface area contributed by atoms with Gasteiger partial charge in [0.1, 0.15) is 5.82 Å². The van der Waals surface area contributed by atoms with Crippen molar-refractivity contribution in [3.8, 4) is 0 Å². The van der Waals surface area contributed by atoms with Crippen molar-refractivity contribution < 1.29 is 14.3 Å². The van der Waals surface area contributed by atoms with Crippen molar-refractivity contribution in [1.82, 2.24) is 9.47 Å². The largest absolute Gasteiger partial charge is 0.393 e. The molecule has 2 heterocycles. The molecule has 2 aromatic carbocycles. The summed E-state index contributed by atoms with van der Waals surface area (Å²) in [5.74, 6) is -0.167. The lowest BCUT2D eigenvalue weighted by Crippen LogP contribution is -2.37. The van der Waals surface area contributed by atoms with Crippen molar-refractivity contribution in [2.75, 3.05) is 19.6 Å². The number of piperidine rings is 1. The highest BCUT2D eigenvalue weighted by atomic mass is 19.1. The topological polar surface area (TPSA) is 45.5 Å². The third kappa shape index (κ3) is 4.32. The highest BCUT2D eigenvalue weighted by Gasteiger charge is 2.19. The van der Waals surface area contributed by atoms with Crippen LogP contribution in [-0.2, 0) is 13.0 Å². The van der Waals surface area contributed by atoms with Gasteiger partial charge in [-0.05, 0) is 62.4 Å². The molecule has 0 aliphatic carbocycles. The monoisotopic (exact) mass is 408 g/mol. The molecule has 158 valence electrons. The van der Waals surface area contributed by atoms with Crippen LogP contribution >= 0.6 is 0 Å². The van der Waals surface area contributed by atoms with Crippen LogP contribution < -0.4 is 0 Å². The highest BCUT2D eigenvalue weighted by molar-refractivity contribution is 5.94. The number of hydrogen-bond donors (Lipinski definition) is 1. The number of fused-ring (bicyclic) bond motifs is 1. The normalized spacial score (nSPS) is 15.7. The summed E-state index contributed by atoms with van der Waals surface area (Å²) in [5, 5.41) is 10.7. The van der Waals surface area contributed by atoms with E-state index in [9.17, 15) is 14.3 Å². The van der Waals surface area contributed by atoms with E-state index in [0.717, 1.165) is 66.7 Å². The van der Waals surface area contributed by atoms with Gasteiger partial charge < -0.3 is 14.6 Å². The van der Waals surface area contributed by atoms with Gasteiger partial charge in [0.05, 0.1) is 6.10 Å². The summed E-state index contributed by atoms with van der Waals surface area (Å²) in [6.07, 6.45) is 2.20. The van der Waals surface area contributed by atoms with Gasteiger partial charge in [-0.1, -0.05) is 24.3 Å². The molecular weight excluding hydrogens is 379 g/mol. The van der Waals surface area contributed by atoms with E-state index in [1.165, 1.54) is 6.07 Å². The number of aliphatic hydroxyl groups excluding tert-OH is 1. The first-order valence-corrected chi connectivity index (χ1v) is 10.7. The number of aliphatic hydroxyl groups is 1. The van der Waals surface area contributed by atoms with Crippen LogP contribution in [-0.4, -0.2) is 46.1 Å². The molecule has 4 rings (SSSR count). The first kappa shape index (κ1) is 20.8. The summed E-state index contributed by atoms with van der Waals surface area (Å²) in [6, 6.07) is 12.7. The quantitative estimate of drug-likeness (QED) is 0.617. The average Bonchev–Trinajstić information content (AvgIpc) is 2.98. The van der Waals surface area contributed by atoms with Crippen LogP contribution in [0.15, 0.2) is 42.5 Å². The van der Waals surface area contributed by atoms with Crippen molar-refractivity contribution >= 4 is 16.7 Å². The maximum absolute atomic E-state index is 14.1. The molecule has 0 atom stereocenters. The lowest BCUT2D eigenvalue weighted by molar-refractivity contribution is 0.0811. The molecule has 1 N–H and O–H groups in total. The fourth-order valence-electron chi connectivity index (χ4n) is 4.48. The first-order valence-electron chi connectivity index (χ1n) is 10.7. The average molecular weight is 409 g/mol. The summed E-state index contributed by atoms with van der Waals surface area (Å²) >= 11 is 0. The van der Waals surface area contributed by atoms with Crippen LogP contribution in [0.5, 0.6) is 0 Å². The molecule has 1 saturated heterocycles. The number of carbonyl (C=O) groups excluding carboxylic acids is 1. The van der Waals surface area contributed by atoms with E-state index in [0.29, 0.717) is 12.0 Å². The Kier molecular flexibility index (Phi) is 6.02. The second-order valence-corrected chi connectivity index (χ2v) is 8.38. The molecule has 4 nitrogen and oxygen atoms in total. The number of nitrogens with zero attached hydrogens (tertiary/aromatic N) is 2. The molecule has 30 heavy (non-hydrogen) atoms. The molecular formula is C25H29FN2O2. The fraction of sp³-hybridized carbons (Fsp3) is 0.400. The van der Waals surface area contributed by atoms with Gasteiger partial charge in [-0.2, -0.15) is 0 Å². The van der Waals surface area contributed by atoms with Crippen molar-refractivity contribution in [3.63, 3.8) is 0 Å². The van der Waals surface area contributed by atoms with Gasteiger partial charge in [0.15, 0.2) is 5.78 Å². The number of ketones is 1.